The highest BCUT2D eigenvalue weighted by Gasteiger charge is 2.17. The molecule has 0 radical (unpaired) electrons. The summed E-state index contributed by atoms with van der Waals surface area (Å²) in [6.45, 7) is 0.333. The Morgan fingerprint density at radius 2 is 1.70 bits per heavy atom. The highest BCUT2D eigenvalue weighted by atomic mass is 16.5. The predicted molar refractivity (Wildman–Crippen MR) is 101 cm³/mol. The third-order valence-electron chi connectivity index (χ3n) is 3.87. The van der Waals surface area contributed by atoms with E-state index >= 15 is 0 Å². The summed E-state index contributed by atoms with van der Waals surface area (Å²) in [6, 6.07) is 18.1. The van der Waals surface area contributed by atoms with E-state index < -0.39 is 0 Å². The molecule has 27 heavy (non-hydrogen) atoms. The lowest BCUT2D eigenvalue weighted by Gasteiger charge is -2.13. The molecule has 2 aromatic carbocycles. The molecule has 1 amide bonds. The number of hydrogen-bond acceptors (Lipinski definition) is 5. The van der Waals surface area contributed by atoms with Gasteiger partial charge in [0.25, 0.3) is 5.91 Å². The van der Waals surface area contributed by atoms with Gasteiger partial charge in [0.05, 0.1) is 14.2 Å². The Labute approximate surface area is 157 Å². The lowest BCUT2D eigenvalue weighted by Crippen LogP contribution is -2.24. The number of hydrogen-bond donors (Lipinski definition) is 1. The van der Waals surface area contributed by atoms with Crippen LogP contribution < -0.4 is 19.5 Å². The summed E-state index contributed by atoms with van der Waals surface area (Å²) in [5.41, 5.74) is 1.26. The van der Waals surface area contributed by atoms with Crippen molar-refractivity contribution < 1.29 is 19.0 Å². The summed E-state index contributed by atoms with van der Waals surface area (Å²) in [5, 5.41) is 2.89. The van der Waals surface area contributed by atoms with E-state index in [9.17, 15) is 4.79 Å². The molecule has 0 aliphatic carbocycles. The Kier molecular flexibility index (Phi) is 5.89. The van der Waals surface area contributed by atoms with Crippen molar-refractivity contribution in [1.29, 1.82) is 0 Å². The molecule has 138 valence electrons. The average molecular weight is 364 g/mol. The lowest BCUT2D eigenvalue weighted by molar-refractivity contribution is 0.0944. The zero-order valence-electron chi connectivity index (χ0n) is 15.1. The second-order valence-electron chi connectivity index (χ2n) is 5.64. The van der Waals surface area contributed by atoms with Crippen LogP contribution in [0.25, 0.3) is 0 Å². The van der Waals surface area contributed by atoms with Gasteiger partial charge in [-0.25, -0.2) is 4.98 Å². The van der Waals surface area contributed by atoms with Crippen LogP contribution in [0.5, 0.6) is 23.1 Å². The van der Waals surface area contributed by atoms with E-state index in [-0.39, 0.29) is 5.91 Å². The van der Waals surface area contributed by atoms with Gasteiger partial charge in [0.2, 0.25) is 5.88 Å². The number of aromatic nitrogens is 1. The second-order valence-corrected chi connectivity index (χ2v) is 5.64. The molecule has 0 unspecified atom stereocenters. The quantitative estimate of drug-likeness (QED) is 0.690. The Bertz CT molecular complexity index is 891. The maximum atomic E-state index is 12.6. The van der Waals surface area contributed by atoms with E-state index in [1.807, 2.05) is 36.4 Å². The van der Waals surface area contributed by atoms with Gasteiger partial charge < -0.3 is 19.5 Å². The minimum atomic E-state index is -0.277. The molecule has 0 saturated carbocycles. The van der Waals surface area contributed by atoms with E-state index in [0.717, 1.165) is 5.56 Å². The number of pyridine rings is 1. The first-order chi connectivity index (χ1) is 13.2. The third kappa shape index (κ3) is 4.55. The zero-order valence-corrected chi connectivity index (χ0v) is 15.1. The Morgan fingerprint density at radius 1 is 0.963 bits per heavy atom. The summed E-state index contributed by atoms with van der Waals surface area (Å²) in [5.74, 6) is 1.80. The fraction of sp³-hybridized carbons (Fsp3) is 0.143. The highest BCUT2D eigenvalue weighted by Crippen LogP contribution is 2.28. The number of carbonyl (C=O) groups is 1. The highest BCUT2D eigenvalue weighted by molar-refractivity contribution is 5.99. The van der Waals surface area contributed by atoms with Crippen LogP contribution >= 0.6 is 0 Å². The van der Waals surface area contributed by atoms with Gasteiger partial charge in [0.1, 0.15) is 22.8 Å². The lowest BCUT2D eigenvalue weighted by atomic mass is 10.1. The third-order valence-corrected chi connectivity index (χ3v) is 3.87. The molecule has 6 nitrogen and oxygen atoms in total. The van der Waals surface area contributed by atoms with Crippen molar-refractivity contribution in [1.82, 2.24) is 10.3 Å². The summed E-state index contributed by atoms with van der Waals surface area (Å²) in [6.07, 6.45) is 1.67. The summed E-state index contributed by atoms with van der Waals surface area (Å²) >= 11 is 0. The topological polar surface area (TPSA) is 69.7 Å². The molecular formula is C21H20N2O4. The van der Waals surface area contributed by atoms with Gasteiger partial charge in [-0.2, -0.15) is 0 Å². The minimum Gasteiger partial charge on any atom is -0.496 e. The van der Waals surface area contributed by atoms with Gasteiger partial charge in [0, 0.05) is 18.8 Å². The van der Waals surface area contributed by atoms with E-state index in [2.05, 4.69) is 10.3 Å². The maximum Gasteiger partial charge on any atom is 0.259 e. The Hall–Kier alpha value is -3.54. The van der Waals surface area contributed by atoms with Crippen LogP contribution in [0.1, 0.15) is 15.9 Å². The number of ether oxygens (including phenoxy) is 3. The number of carbonyl (C=O) groups excluding carboxylic acids is 1. The summed E-state index contributed by atoms with van der Waals surface area (Å²) in [4.78, 5) is 16.8. The Balaban J connectivity index is 1.70. The molecule has 0 saturated heterocycles. The first-order valence-corrected chi connectivity index (χ1v) is 8.38. The maximum absolute atomic E-state index is 12.6. The molecule has 3 rings (SSSR count). The largest absolute Gasteiger partial charge is 0.496 e. The predicted octanol–water partition coefficient (Wildman–Crippen LogP) is 3.82. The van der Waals surface area contributed by atoms with Crippen LogP contribution in [0.2, 0.25) is 0 Å². The number of nitrogens with one attached hydrogen (secondary N) is 1. The molecule has 0 fully saturated rings. The van der Waals surface area contributed by atoms with Crippen LogP contribution in [0, 0.1) is 0 Å². The first kappa shape index (κ1) is 18.3. The number of amides is 1. The van der Waals surface area contributed by atoms with Crippen LogP contribution in [0.4, 0.5) is 0 Å². The van der Waals surface area contributed by atoms with Crippen molar-refractivity contribution in [3.05, 3.63) is 78.0 Å². The van der Waals surface area contributed by atoms with Crippen molar-refractivity contribution in [3.63, 3.8) is 0 Å². The molecule has 3 aromatic rings. The van der Waals surface area contributed by atoms with E-state index in [1.165, 1.54) is 14.2 Å². The van der Waals surface area contributed by atoms with Gasteiger partial charge in [0.15, 0.2) is 0 Å². The molecule has 0 bridgehead atoms. The smallest absolute Gasteiger partial charge is 0.259 e. The van der Waals surface area contributed by atoms with Gasteiger partial charge in [-0.05, 0) is 35.9 Å². The summed E-state index contributed by atoms with van der Waals surface area (Å²) < 4.78 is 16.3. The SMILES string of the molecule is COc1cccc(OC)c1C(=O)NCc1cccc(Oc2ccccn2)c1. The van der Waals surface area contributed by atoms with Crippen LogP contribution in [-0.4, -0.2) is 25.1 Å². The van der Waals surface area contributed by atoms with Gasteiger partial charge in [-0.15, -0.1) is 0 Å². The standard InChI is InChI=1S/C21H20N2O4/c1-25-17-9-6-10-18(26-2)20(17)21(24)23-14-15-7-5-8-16(13-15)27-19-11-3-4-12-22-19/h3-13H,14H2,1-2H3,(H,23,24). The molecule has 1 heterocycles. The van der Waals surface area contributed by atoms with Crippen LogP contribution in [0.15, 0.2) is 66.9 Å². The summed E-state index contributed by atoms with van der Waals surface area (Å²) in [7, 11) is 3.04. The Morgan fingerprint density at radius 3 is 2.37 bits per heavy atom. The monoisotopic (exact) mass is 364 g/mol. The van der Waals surface area contributed by atoms with Crippen LogP contribution in [-0.2, 0) is 6.54 Å². The van der Waals surface area contributed by atoms with Gasteiger partial charge in [-0.1, -0.05) is 24.3 Å². The van der Waals surface area contributed by atoms with Crippen molar-refractivity contribution in [2.45, 2.75) is 6.54 Å². The van der Waals surface area contributed by atoms with Crippen molar-refractivity contribution >= 4 is 5.91 Å². The molecule has 1 aromatic heterocycles. The number of methoxy groups -OCH3 is 2. The van der Waals surface area contributed by atoms with E-state index in [1.54, 1.807) is 30.5 Å². The second kappa shape index (κ2) is 8.71. The normalized spacial score (nSPS) is 10.1. The molecule has 0 spiro atoms. The average Bonchev–Trinajstić information content (AvgIpc) is 2.72. The molecule has 0 aliphatic heterocycles. The number of nitrogens with zero attached hydrogens (tertiary/aromatic N) is 1. The molecule has 0 aliphatic rings. The molecule has 6 heteroatoms. The van der Waals surface area contributed by atoms with E-state index in [4.69, 9.17) is 14.2 Å². The minimum absolute atomic E-state index is 0.277. The first-order valence-electron chi connectivity index (χ1n) is 8.38. The van der Waals surface area contributed by atoms with E-state index in [0.29, 0.717) is 35.2 Å². The number of benzene rings is 2. The van der Waals surface area contributed by atoms with Crippen molar-refractivity contribution in [3.8, 4) is 23.1 Å². The van der Waals surface area contributed by atoms with Crippen molar-refractivity contribution in [2.24, 2.45) is 0 Å². The van der Waals surface area contributed by atoms with Gasteiger partial charge in [-0.3, -0.25) is 4.79 Å². The molecule has 0 atom stereocenters. The molecular weight excluding hydrogens is 344 g/mol. The van der Waals surface area contributed by atoms with Crippen LogP contribution in [0.3, 0.4) is 0 Å². The number of rotatable bonds is 7. The fourth-order valence-corrected chi connectivity index (χ4v) is 2.59. The molecule has 1 N–H and O–H groups in total. The van der Waals surface area contributed by atoms with Gasteiger partial charge >= 0.3 is 0 Å². The van der Waals surface area contributed by atoms with Crippen molar-refractivity contribution in [2.75, 3.05) is 14.2 Å². The fourth-order valence-electron chi connectivity index (χ4n) is 2.59. The zero-order chi connectivity index (χ0) is 19.1.